The molecule has 9 aromatic rings. The Balaban J connectivity index is 0.000000150. The third-order valence-corrected chi connectivity index (χ3v) is 12.6. The van der Waals surface area contributed by atoms with E-state index in [1.807, 2.05) is 93.2 Å². The summed E-state index contributed by atoms with van der Waals surface area (Å²) in [6, 6.07) is 46.4. The molecule has 12 nitrogen and oxygen atoms in total. The second kappa shape index (κ2) is 19.5. The zero-order valence-corrected chi connectivity index (χ0v) is 37.9. The van der Waals surface area contributed by atoms with Gasteiger partial charge in [-0.2, -0.15) is 0 Å². The number of aliphatic carboxylic acids is 2. The van der Waals surface area contributed by atoms with Crippen LogP contribution >= 0.6 is 0 Å². The number of carboxylic acid groups (broad SMARTS) is 2. The Hall–Kier alpha value is -7.80. The van der Waals surface area contributed by atoms with Crippen LogP contribution in [0.15, 0.2) is 146 Å². The molecule has 12 heteroatoms. The number of fused-ring (bicyclic) bond motifs is 3. The summed E-state index contributed by atoms with van der Waals surface area (Å²) in [5, 5.41) is 32.7. The molecule has 0 saturated heterocycles. The maximum atomic E-state index is 11.6. The van der Waals surface area contributed by atoms with Crippen molar-refractivity contribution in [2.75, 3.05) is 0 Å². The highest BCUT2D eigenvalue weighted by Crippen LogP contribution is 2.40. The number of rotatable bonds is 10. The third kappa shape index (κ3) is 9.10. The standard InChI is InChI=1S/C19H19N3O4.C19H20N2O2.C16H15N/c1-11-14(10-15(20)19(23)24)17-16(22(25)26)9-8-13(18(17)21(11)2)12-6-4-3-5-7-12;1-12-16(11-17(20)19(22)23)15-10-6-9-14(18(15)21(12)2)13-7-4-3-5-8-13;1-12-11-14-9-6-10-15(16(14)17(12)2)13-7-4-3-5-8-13/h3-9,15H,10,20H2,1-2H3,(H,23,24);3-10,17H,11,20H2,1-2H3,(H,22,23);3-11H,1-2H3. The molecule has 2 atom stereocenters. The molecule has 0 aliphatic rings. The number of nitrogens with zero attached hydrogens (tertiary/aromatic N) is 4. The van der Waals surface area contributed by atoms with Crippen LogP contribution in [0.5, 0.6) is 0 Å². The smallest absolute Gasteiger partial charge is 0.320 e. The fraction of sp³-hybridized carbons (Fsp3) is 0.185. The van der Waals surface area contributed by atoms with Crippen molar-refractivity contribution in [3.8, 4) is 33.4 Å². The minimum absolute atomic E-state index is 0.0254. The molecule has 9 rings (SSSR count). The van der Waals surface area contributed by atoms with Crippen molar-refractivity contribution in [2.45, 2.75) is 45.7 Å². The number of benzene rings is 6. The highest BCUT2D eigenvalue weighted by atomic mass is 16.6. The second-order valence-corrected chi connectivity index (χ2v) is 16.5. The first kappa shape index (κ1) is 46.2. The van der Waals surface area contributed by atoms with Gasteiger partial charge < -0.3 is 35.4 Å². The highest BCUT2D eigenvalue weighted by molar-refractivity contribution is 6.03. The van der Waals surface area contributed by atoms with Crippen LogP contribution in [0.1, 0.15) is 28.2 Å². The van der Waals surface area contributed by atoms with E-state index in [2.05, 4.69) is 95.9 Å². The van der Waals surface area contributed by atoms with Crippen LogP contribution in [-0.2, 0) is 43.6 Å². The van der Waals surface area contributed by atoms with Gasteiger partial charge in [0.15, 0.2) is 0 Å². The quantitative estimate of drug-likeness (QED) is 0.0772. The Morgan fingerprint density at radius 2 is 1.00 bits per heavy atom. The first-order valence-electron chi connectivity index (χ1n) is 21.6. The van der Waals surface area contributed by atoms with Gasteiger partial charge in [0.25, 0.3) is 5.69 Å². The lowest BCUT2D eigenvalue weighted by Gasteiger charge is -2.08. The van der Waals surface area contributed by atoms with Gasteiger partial charge >= 0.3 is 11.9 Å². The Bertz CT molecular complexity index is 3220. The lowest BCUT2D eigenvalue weighted by atomic mass is 9.97. The average Bonchev–Trinajstić information content (AvgIpc) is 3.86. The van der Waals surface area contributed by atoms with E-state index in [1.54, 1.807) is 6.07 Å². The van der Waals surface area contributed by atoms with Crippen LogP contribution in [-0.4, -0.2) is 52.9 Å². The summed E-state index contributed by atoms with van der Waals surface area (Å²) in [7, 11) is 5.97. The third-order valence-electron chi connectivity index (χ3n) is 12.6. The van der Waals surface area contributed by atoms with Crippen molar-refractivity contribution in [1.29, 1.82) is 0 Å². The second-order valence-electron chi connectivity index (χ2n) is 16.5. The number of para-hydroxylation sites is 2. The van der Waals surface area contributed by atoms with Crippen LogP contribution in [0.25, 0.3) is 66.1 Å². The fourth-order valence-electron chi connectivity index (χ4n) is 8.87. The molecule has 0 saturated carbocycles. The van der Waals surface area contributed by atoms with Crippen molar-refractivity contribution >= 4 is 50.3 Å². The van der Waals surface area contributed by atoms with E-state index in [-0.39, 0.29) is 12.1 Å². The van der Waals surface area contributed by atoms with E-state index >= 15 is 0 Å². The molecule has 0 spiro atoms. The molecule has 6 N–H and O–H groups in total. The van der Waals surface area contributed by atoms with Gasteiger partial charge in [-0.05, 0) is 60.7 Å². The predicted octanol–water partition coefficient (Wildman–Crippen LogP) is 10.3. The van der Waals surface area contributed by atoms with Crippen LogP contribution in [0, 0.1) is 30.9 Å². The van der Waals surface area contributed by atoms with Gasteiger partial charge in [0.1, 0.15) is 12.1 Å². The summed E-state index contributed by atoms with van der Waals surface area (Å²) in [5.41, 5.74) is 25.9. The molecule has 3 heterocycles. The van der Waals surface area contributed by atoms with Crippen molar-refractivity contribution in [3.05, 3.63) is 184 Å². The molecule has 3 aromatic heterocycles. The van der Waals surface area contributed by atoms with E-state index in [0.29, 0.717) is 22.9 Å². The fourth-order valence-corrected chi connectivity index (χ4v) is 8.87. The molecule has 0 amide bonds. The average molecular weight is 883 g/mol. The van der Waals surface area contributed by atoms with Gasteiger partial charge in [0.05, 0.1) is 26.9 Å². The Labute approximate surface area is 383 Å². The monoisotopic (exact) mass is 882 g/mol. The largest absolute Gasteiger partial charge is 0.480 e. The van der Waals surface area contributed by atoms with Crippen molar-refractivity contribution in [1.82, 2.24) is 13.7 Å². The molecule has 0 radical (unpaired) electrons. The minimum atomic E-state index is -1.14. The van der Waals surface area contributed by atoms with E-state index < -0.39 is 28.9 Å². The molecular weight excluding hydrogens is 829 g/mol. The number of hydrogen-bond acceptors (Lipinski definition) is 6. The summed E-state index contributed by atoms with van der Waals surface area (Å²) in [5.74, 6) is -2.11. The van der Waals surface area contributed by atoms with E-state index in [0.717, 1.165) is 50.1 Å². The number of non-ortho nitro benzene ring substituents is 1. The number of hydrogen-bond donors (Lipinski definition) is 4. The van der Waals surface area contributed by atoms with E-state index in [9.17, 15) is 19.7 Å². The van der Waals surface area contributed by atoms with Crippen LogP contribution in [0.4, 0.5) is 5.69 Å². The summed E-state index contributed by atoms with van der Waals surface area (Å²) in [6.45, 7) is 5.98. The minimum Gasteiger partial charge on any atom is -0.480 e. The molecule has 66 heavy (non-hydrogen) atoms. The highest BCUT2D eigenvalue weighted by Gasteiger charge is 2.27. The normalized spacial score (nSPS) is 12.0. The maximum absolute atomic E-state index is 11.6. The van der Waals surface area contributed by atoms with E-state index in [1.165, 1.54) is 33.8 Å². The first-order chi connectivity index (χ1) is 31.6. The van der Waals surface area contributed by atoms with Crippen molar-refractivity contribution in [3.63, 3.8) is 0 Å². The van der Waals surface area contributed by atoms with Crippen LogP contribution < -0.4 is 11.5 Å². The number of aromatic nitrogens is 3. The number of aryl methyl sites for hydroxylation is 4. The van der Waals surface area contributed by atoms with Crippen molar-refractivity contribution < 1.29 is 24.7 Å². The summed E-state index contributed by atoms with van der Waals surface area (Å²) in [4.78, 5) is 33.5. The molecule has 0 aliphatic carbocycles. The SMILES string of the molecule is Cc1c(CC(N)C(=O)O)c2c([N+](=O)[O-])ccc(-c3ccccc3)c2n1C.Cc1c(CC(N)C(=O)O)c2cccc(-c3ccccc3)c2n1C.Cc1cc2cccc(-c3ccccc3)c2n1C. The maximum Gasteiger partial charge on any atom is 0.320 e. The van der Waals surface area contributed by atoms with Gasteiger partial charge in [-0.1, -0.05) is 127 Å². The van der Waals surface area contributed by atoms with Crippen molar-refractivity contribution in [2.24, 2.45) is 32.6 Å². The summed E-state index contributed by atoms with van der Waals surface area (Å²) in [6.07, 6.45) is 0.355. The van der Waals surface area contributed by atoms with Gasteiger partial charge in [-0.25, -0.2) is 0 Å². The van der Waals surface area contributed by atoms with Gasteiger partial charge in [-0.3, -0.25) is 19.7 Å². The number of carbonyl (C=O) groups is 2. The molecule has 0 fully saturated rings. The number of nitro groups is 1. The Morgan fingerprint density at radius 1 is 0.561 bits per heavy atom. The molecule has 336 valence electrons. The van der Waals surface area contributed by atoms with Gasteiger partial charge in [0, 0.05) is 84.6 Å². The lowest BCUT2D eigenvalue weighted by Crippen LogP contribution is -2.32. The van der Waals surface area contributed by atoms with Gasteiger partial charge in [0.2, 0.25) is 0 Å². The summed E-state index contributed by atoms with van der Waals surface area (Å²) >= 11 is 0. The number of nitrogens with two attached hydrogens (primary N) is 2. The molecule has 0 bridgehead atoms. The molecule has 6 aromatic carbocycles. The first-order valence-corrected chi connectivity index (χ1v) is 21.6. The van der Waals surface area contributed by atoms with Crippen LogP contribution in [0.2, 0.25) is 0 Å². The zero-order chi connectivity index (χ0) is 47.4. The molecule has 2 unspecified atom stereocenters. The number of carboxylic acids is 2. The number of nitro benzene ring substituents is 1. The zero-order valence-electron chi connectivity index (χ0n) is 37.9. The Kier molecular flexibility index (Phi) is 13.7. The summed E-state index contributed by atoms with van der Waals surface area (Å²) < 4.78 is 6.26. The lowest BCUT2D eigenvalue weighted by molar-refractivity contribution is -0.383. The Morgan fingerprint density at radius 3 is 1.50 bits per heavy atom. The van der Waals surface area contributed by atoms with Crippen LogP contribution in [0.3, 0.4) is 0 Å². The topological polar surface area (TPSA) is 185 Å². The molecular formula is C54H54N6O6. The molecule has 0 aliphatic heterocycles. The van der Waals surface area contributed by atoms with E-state index in [4.69, 9.17) is 21.7 Å². The predicted molar refractivity (Wildman–Crippen MR) is 265 cm³/mol. The van der Waals surface area contributed by atoms with Gasteiger partial charge in [-0.15, -0.1) is 0 Å².